The number of hydrogen-bond acceptors (Lipinski definition) is 5. The number of hydrogen-bond donors (Lipinski definition) is 1. The lowest BCUT2D eigenvalue weighted by Crippen LogP contribution is -2.24. The molecule has 1 N–H and O–H groups in total. The van der Waals surface area contributed by atoms with E-state index in [1.807, 2.05) is 12.3 Å². The van der Waals surface area contributed by atoms with Gasteiger partial charge in [-0.25, -0.2) is 4.98 Å². The molecule has 1 saturated heterocycles. The third-order valence-electron chi connectivity index (χ3n) is 3.60. The Hall–Kier alpha value is -1.80. The second-order valence-electron chi connectivity index (χ2n) is 5.35. The van der Waals surface area contributed by atoms with Crippen molar-refractivity contribution in [3.8, 4) is 0 Å². The summed E-state index contributed by atoms with van der Waals surface area (Å²) < 4.78 is 35.8. The number of rotatable bonds is 6. The highest BCUT2D eigenvalue weighted by molar-refractivity contribution is 5.76. The van der Waals surface area contributed by atoms with Gasteiger partial charge in [-0.15, -0.1) is 0 Å². The van der Waals surface area contributed by atoms with Gasteiger partial charge in [0.15, 0.2) is 0 Å². The highest BCUT2D eigenvalue weighted by atomic mass is 19.3. The molecule has 1 aliphatic rings. The van der Waals surface area contributed by atoms with Gasteiger partial charge in [0.1, 0.15) is 5.65 Å². The van der Waals surface area contributed by atoms with E-state index in [4.69, 9.17) is 4.74 Å². The molecule has 6 nitrogen and oxygen atoms in total. The average Bonchev–Trinajstić information content (AvgIpc) is 3.13. The van der Waals surface area contributed by atoms with Crippen LogP contribution in [0.4, 0.5) is 14.7 Å². The first-order valence-corrected chi connectivity index (χ1v) is 7.21. The number of nitrogens with zero attached hydrogens (tertiary/aromatic N) is 3. The summed E-state index contributed by atoms with van der Waals surface area (Å²) in [5.41, 5.74) is 0.815. The summed E-state index contributed by atoms with van der Waals surface area (Å²) in [5.74, 6) is 0.400. The highest BCUT2D eigenvalue weighted by Crippen LogP contribution is 2.24. The van der Waals surface area contributed by atoms with Crippen molar-refractivity contribution in [1.82, 2.24) is 14.5 Å². The Kier molecular flexibility index (Phi) is 4.49. The maximum absolute atomic E-state index is 12.0. The molecule has 0 bridgehead atoms. The number of fused-ring (bicyclic) bond motifs is 1. The van der Waals surface area contributed by atoms with E-state index in [9.17, 15) is 8.78 Å². The molecule has 0 saturated carbocycles. The standard InChI is InChI=1S/C14H18F2N4O2/c1-9(7-22-13(15)16)18-14-17-6-10-2-4-20(12(10)19-14)11-3-5-21-8-11/h2,4,6,9,11,13H,3,5,7-8H2,1H3,(H,17,18,19)/t9-,11+/m0/s1. The van der Waals surface area contributed by atoms with Crippen molar-refractivity contribution in [2.45, 2.75) is 32.0 Å². The van der Waals surface area contributed by atoms with Gasteiger partial charge >= 0.3 is 6.61 Å². The van der Waals surface area contributed by atoms with Crippen LogP contribution in [-0.2, 0) is 9.47 Å². The molecule has 3 rings (SSSR count). The van der Waals surface area contributed by atoms with Crippen LogP contribution in [0.3, 0.4) is 0 Å². The maximum atomic E-state index is 12.0. The van der Waals surface area contributed by atoms with Crippen molar-refractivity contribution >= 4 is 17.0 Å². The van der Waals surface area contributed by atoms with E-state index in [0.29, 0.717) is 12.6 Å². The Bertz CT molecular complexity index is 628. The topological polar surface area (TPSA) is 61.2 Å². The summed E-state index contributed by atoms with van der Waals surface area (Å²) in [6, 6.07) is 1.92. The molecule has 120 valence electrons. The van der Waals surface area contributed by atoms with Crippen molar-refractivity contribution in [3.63, 3.8) is 0 Å². The summed E-state index contributed by atoms with van der Waals surface area (Å²) in [6.07, 6.45) is 4.65. The van der Waals surface area contributed by atoms with Crippen LogP contribution in [0.5, 0.6) is 0 Å². The Balaban J connectivity index is 1.75. The van der Waals surface area contributed by atoms with Crippen molar-refractivity contribution in [2.24, 2.45) is 0 Å². The SMILES string of the molecule is C[C@@H](COC(F)F)Nc1ncc2ccn([C@@H]3CCOC3)c2n1. The Morgan fingerprint density at radius 1 is 1.55 bits per heavy atom. The van der Waals surface area contributed by atoms with Crippen molar-refractivity contribution in [2.75, 3.05) is 25.1 Å². The van der Waals surface area contributed by atoms with Gasteiger partial charge in [0.05, 0.1) is 19.3 Å². The molecule has 0 spiro atoms. The van der Waals surface area contributed by atoms with Crippen molar-refractivity contribution < 1.29 is 18.3 Å². The summed E-state index contributed by atoms with van der Waals surface area (Å²) >= 11 is 0. The van der Waals surface area contributed by atoms with Crippen LogP contribution < -0.4 is 5.32 Å². The molecule has 0 aromatic carbocycles. The summed E-state index contributed by atoms with van der Waals surface area (Å²) in [4.78, 5) is 8.69. The molecule has 1 fully saturated rings. The minimum absolute atomic E-state index is 0.115. The fourth-order valence-corrected chi connectivity index (χ4v) is 2.52. The van der Waals surface area contributed by atoms with E-state index in [0.717, 1.165) is 24.1 Å². The van der Waals surface area contributed by atoms with E-state index in [1.165, 1.54) is 0 Å². The fourth-order valence-electron chi connectivity index (χ4n) is 2.52. The number of alkyl halides is 2. The molecule has 0 amide bonds. The van der Waals surface area contributed by atoms with Gasteiger partial charge in [-0.1, -0.05) is 0 Å². The van der Waals surface area contributed by atoms with Crippen LogP contribution in [0.25, 0.3) is 11.0 Å². The van der Waals surface area contributed by atoms with Crippen molar-refractivity contribution in [1.29, 1.82) is 0 Å². The van der Waals surface area contributed by atoms with Gasteiger partial charge in [-0.3, -0.25) is 0 Å². The first-order chi connectivity index (χ1) is 10.6. The monoisotopic (exact) mass is 312 g/mol. The zero-order valence-electron chi connectivity index (χ0n) is 12.2. The number of anilines is 1. The molecule has 0 unspecified atom stereocenters. The van der Waals surface area contributed by atoms with Gasteiger partial charge in [0, 0.05) is 30.4 Å². The number of nitrogens with one attached hydrogen (secondary N) is 1. The smallest absolute Gasteiger partial charge is 0.345 e. The van der Waals surface area contributed by atoms with Gasteiger partial charge in [-0.05, 0) is 19.4 Å². The molecule has 2 atom stereocenters. The molecule has 0 radical (unpaired) electrons. The summed E-state index contributed by atoms with van der Waals surface area (Å²) in [7, 11) is 0. The predicted octanol–water partition coefficient (Wildman–Crippen LogP) is 2.43. The minimum atomic E-state index is -2.77. The van der Waals surface area contributed by atoms with E-state index in [2.05, 4.69) is 24.6 Å². The maximum Gasteiger partial charge on any atom is 0.345 e. The van der Waals surface area contributed by atoms with Gasteiger partial charge in [0.2, 0.25) is 5.95 Å². The van der Waals surface area contributed by atoms with Crippen LogP contribution in [0.2, 0.25) is 0 Å². The molecule has 1 aliphatic heterocycles. The zero-order chi connectivity index (χ0) is 15.5. The summed E-state index contributed by atoms with van der Waals surface area (Å²) in [6.45, 7) is 0.279. The normalized spacial score (nSPS) is 19.9. The lowest BCUT2D eigenvalue weighted by Gasteiger charge is -2.15. The largest absolute Gasteiger partial charge is 0.379 e. The number of aromatic nitrogens is 3. The second kappa shape index (κ2) is 6.53. The minimum Gasteiger partial charge on any atom is -0.379 e. The van der Waals surface area contributed by atoms with Gasteiger partial charge in [0.25, 0.3) is 0 Å². The first-order valence-electron chi connectivity index (χ1n) is 7.21. The quantitative estimate of drug-likeness (QED) is 0.887. The van der Waals surface area contributed by atoms with Crippen LogP contribution >= 0.6 is 0 Å². The lowest BCUT2D eigenvalue weighted by atomic mass is 10.2. The average molecular weight is 312 g/mol. The highest BCUT2D eigenvalue weighted by Gasteiger charge is 2.20. The van der Waals surface area contributed by atoms with Crippen molar-refractivity contribution in [3.05, 3.63) is 18.5 Å². The van der Waals surface area contributed by atoms with Crippen LogP contribution in [0.15, 0.2) is 18.5 Å². The van der Waals surface area contributed by atoms with Gasteiger partial charge < -0.3 is 19.4 Å². The second-order valence-corrected chi connectivity index (χ2v) is 5.35. The van der Waals surface area contributed by atoms with E-state index in [1.54, 1.807) is 13.1 Å². The molecule has 22 heavy (non-hydrogen) atoms. The third-order valence-corrected chi connectivity index (χ3v) is 3.60. The van der Waals surface area contributed by atoms with Crippen LogP contribution in [0, 0.1) is 0 Å². The molecular weight excluding hydrogens is 294 g/mol. The summed E-state index contributed by atoms with van der Waals surface area (Å²) in [5, 5.41) is 3.91. The Labute approximate surface area is 126 Å². The Morgan fingerprint density at radius 2 is 2.41 bits per heavy atom. The van der Waals surface area contributed by atoms with E-state index < -0.39 is 6.61 Å². The molecule has 0 aliphatic carbocycles. The molecular formula is C14H18F2N4O2. The fraction of sp³-hybridized carbons (Fsp3) is 0.571. The molecule has 8 heteroatoms. The van der Waals surface area contributed by atoms with E-state index in [-0.39, 0.29) is 18.7 Å². The first kappa shape index (κ1) is 15.1. The predicted molar refractivity (Wildman–Crippen MR) is 77.0 cm³/mol. The lowest BCUT2D eigenvalue weighted by molar-refractivity contribution is -0.130. The molecule has 2 aromatic heterocycles. The molecule has 2 aromatic rings. The number of halogens is 2. The van der Waals surface area contributed by atoms with Crippen LogP contribution in [0.1, 0.15) is 19.4 Å². The van der Waals surface area contributed by atoms with E-state index >= 15 is 0 Å². The van der Waals surface area contributed by atoms with Gasteiger partial charge in [-0.2, -0.15) is 13.8 Å². The van der Waals surface area contributed by atoms with Crippen LogP contribution in [-0.4, -0.2) is 47.0 Å². The Morgan fingerprint density at radius 3 is 3.14 bits per heavy atom. The third kappa shape index (κ3) is 3.33. The zero-order valence-corrected chi connectivity index (χ0v) is 12.2. The molecule has 3 heterocycles. The number of ether oxygens (including phenoxy) is 2.